The third kappa shape index (κ3) is 2.85. The van der Waals surface area contributed by atoms with Crippen molar-refractivity contribution in [3.05, 3.63) is 39.3 Å². The van der Waals surface area contributed by atoms with Gasteiger partial charge in [0, 0.05) is 15.2 Å². The molecule has 0 radical (unpaired) electrons. The van der Waals surface area contributed by atoms with Crippen molar-refractivity contribution in [1.82, 2.24) is 0 Å². The Balaban J connectivity index is 2.97. The number of hydrogen-bond donors (Lipinski definition) is 1. The van der Waals surface area contributed by atoms with Crippen LogP contribution in [0.15, 0.2) is 28.7 Å². The van der Waals surface area contributed by atoms with Gasteiger partial charge in [0.15, 0.2) is 0 Å². The summed E-state index contributed by atoms with van der Waals surface area (Å²) in [6.45, 7) is 0. The maximum atomic E-state index is 5.82. The topological polar surface area (TPSA) is 0 Å². The van der Waals surface area contributed by atoms with Crippen molar-refractivity contribution >= 4 is 46.2 Å². The van der Waals surface area contributed by atoms with Crippen molar-refractivity contribution in [2.24, 2.45) is 0 Å². The predicted molar refractivity (Wildman–Crippen MR) is 62.0 cm³/mol. The molecule has 0 atom stereocenters. The molecule has 0 aliphatic rings. The SMILES string of the molecule is SCC=Cc1cc(Cl)ccc1Br. The summed E-state index contributed by atoms with van der Waals surface area (Å²) in [5.41, 5.74) is 1.08. The van der Waals surface area contributed by atoms with Crippen molar-refractivity contribution < 1.29 is 0 Å². The molecule has 0 bridgehead atoms. The molecular formula is C9H8BrClS. The van der Waals surface area contributed by atoms with E-state index in [9.17, 15) is 0 Å². The average Bonchev–Trinajstić information content (AvgIpc) is 2.07. The maximum Gasteiger partial charge on any atom is 0.0412 e. The highest BCUT2D eigenvalue weighted by atomic mass is 79.9. The van der Waals surface area contributed by atoms with Crippen molar-refractivity contribution in [3.8, 4) is 0 Å². The number of rotatable bonds is 2. The number of halogens is 2. The van der Waals surface area contributed by atoms with E-state index >= 15 is 0 Å². The molecule has 0 saturated heterocycles. The quantitative estimate of drug-likeness (QED) is 0.765. The number of hydrogen-bond acceptors (Lipinski definition) is 1. The Morgan fingerprint density at radius 3 is 2.92 bits per heavy atom. The molecule has 0 aliphatic heterocycles. The van der Waals surface area contributed by atoms with E-state index in [-0.39, 0.29) is 0 Å². The van der Waals surface area contributed by atoms with Crippen LogP contribution in [0.4, 0.5) is 0 Å². The second-order valence-electron chi connectivity index (χ2n) is 2.25. The molecule has 0 amide bonds. The fourth-order valence-corrected chi connectivity index (χ4v) is 1.49. The van der Waals surface area contributed by atoms with E-state index in [2.05, 4.69) is 28.6 Å². The molecule has 0 nitrogen and oxygen atoms in total. The largest absolute Gasteiger partial charge is 0.175 e. The van der Waals surface area contributed by atoms with E-state index in [1.807, 2.05) is 30.4 Å². The van der Waals surface area contributed by atoms with Gasteiger partial charge in [-0.2, -0.15) is 12.6 Å². The molecule has 0 saturated carbocycles. The molecule has 0 spiro atoms. The van der Waals surface area contributed by atoms with Crippen molar-refractivity contribution in [2.75, 3.05) is 5.75 Å². The zero-order chi connectivity index (χ0) is 8.97. The van der Waals surface area contributed by atoms with Gasteiger partial charge in [-0.1, -0.05) is 39.7 Å². The summed E-state index contributed by atoms with van der Waals surface area (Å²) in [7, 11) is 0. The standard InChI is InChI=1S/C9H8BrClS/c10-9-4-3-8(11)6-7(9)2-1-5-12/h1-4,6,12H,5H2. The summed E-state index contributed by atoms with van der Waals surface area (Å²) >= 11 is 13.3. The van der Waals surface area contributed by atoms with E-state index in [0.29, 0.717) is 0 Å². The van der Waals surface area contributed by atoms with Gasteiger partial charge in [-0.3, -0.25) is 0 Å². The number of thiol groups is 1. The van der Waals surface area contributed by atoms with Crippen molar-refractivity contribution in [1.29, 1.82) is 0 Å². The van der Waals surface area contributed by atoms with Gasteiger partial charge in [-0.15, -0.1) is 0 Å². The molecule has 3 heteroatoms. The van der Waals surface area contributed by atoms with Crippen molar-refractivity contribution in [2.45, 2.75) is 0 Å². The van der Waals surface area contributed by atoms with E-state index in [1.165, 1.54) is 0 Å². The van der Waals surface area contributed by atoms with E-state index in [0.717, 1.165) is 20.8 Å². The third-order valence-corrected chi connectivity index (χ3v) is 2.53. The summed E-state index contributed by atoms with van der Waals surface area (Å²) in [6, 6.07) is 5.69. The van der Waals surface area contributed by atoms with Crippen LogP contribution in [0.2, 0.25) is 5.02 Å². The first-order valence-corrected chi connectivity index (χ1v) is 5.27. The van der Waals surface area contributed by atoms with E-state index < -0.39 is 0 Å². The molecule has 1 rings (SSSR count). The molecule has 0 N–H and O–H groups in total. The fraction of sp³-hybridized carbons (Fsp3) is 0.111. The first-order valence-electron chi connectivity index (χ1n) is 3.46. The zero-order valence-corrected chi connectivity index (χ0v) is 9.53. The van der Waals surface area contributed by atoms with Crippen LogP contribution in [0.5, 0.6) is 0 Å². The molecule has 0 fully saturated rings. The Bertz CT molecular complexity index is 297. The Labute approximate surface area is 91.2 Å². The summed E-state index contributed by atoms with van der Waals surface area (Å²) in [6.07, 6.45) is 3.96. The van der Waals surface area contributed by atoms with Gasteiger partial charge in [0.25, 0.3) is 0 Å². The molecule has 0 heterocycles. The highest BCUT2D eigenvalue weighted by Crippen LogP contribution is 2.22. The second-order valence-corrected chi connectivity index (χ2v) is 3.91. The fourth-order valence-electron chi connectivity index (χ4n) is 0.822. The van der Waals surface area contributed by atoms with Crippen LogP contribution in [0.25, 0.3) is 6.08 Å². The molecule has 1 aromatic rings. The zero-order valence-electron chi connectivity index (χ0n) is 6.30. The Hall–Kier alpha value is 0.0800. The van der Waals surface area contributed by atoms with Gasteiger partial charge in [0.05, 0.1) is 0 Å². The summed E-state index contributed by atoms with van der Waals surface area (Å²) < 4.78 is 1.05. The van der Waals surface area contributed by atoms with Crippen molar-refractivity contribution in [3.63, 3.8) is 0 Å². The van der Waals surface area contributed by atoms with Gasteiger partial charge >= 0.3 is 0 Å². The molecule has 0 unspecified atom stereocenters. The minimum atomic E-state index is 0.735. The van der Waals surface area contributed by atoms with Gasteiger partial charge in [0.1, 0.15) is 0 Å². The Kier molecular flexibility index (Phi) is 4.19. The lowest BCUT2D eigenvalue weighted by Crippen LogP contribution is -1.75. The lowest BCUT2D eigenvalue weighted by atomic mass is 10.2. The van der Waals surface area contributed by atoms with Crippen LogP contribution in [0.1, 0.15) is 5.56 Å². The van der Waals surface area contributed by atoms with Crippen LogP contribution in [-0.4, -0.2) is 5.75 Å². The molecule has 1 aromatic carbocycles. The third-order valence-electron chi connectivity index (χ3n) is 1.36. The van der Waals surface area contributed by atoms with Gasteiger partial charge < -0.3 is 0 Å². The number of benzene rings is 1. The van der Waals surface area contributed by atoms with Gasteiger partial charge in [-0.25, -0.2) is 0 Å². The second kappa shape index (κ2) is 4.95. The first-order chi connectivity index (χ1) is 5.74. The maximum absolute atomic E-state index is 5.82. The van der Waals surface area contributed by atoms with Gasteiger partial charge in [0.2, 0.25) is 0 Å². The minimum absolute atomic E-state index is 0.735. The van der Waals surface area contributed by atoms with Gasteiger partial charge in [-0.05, 0) is 23.8 Å². The van der Waals surface area contributed by atoms with Crippen LogP contribution in [0.3, 0.4) is 0 Å². The van der Waals surface area contributed by atoms with Crippen LogP contribution in [-0.2, 0) is 0 Å². The molecule has 0 aromatic heterocycles. The average molecular weight is 264 g/mol. The normalized spacial score (nSPS) is 10.9. The first kappa shape index (κ1) is 10.2. The molecular weight excluding hydrogens is 256 g/mol. The molecule has 64 valence electrons. The molecule has 12 heavy (non-hydrogen) atoms. The summed E-state index contributed by atoms with van der Waals surface area (Å²) in [4.78, 5) is 0. The lowest BCUT2D eigenvalue weighted by molar-refractivity contribution is 1.59. The van der Waals surface area contributed by atoms with Crippen LogP contribution < -0.4 is 0 Å². The lowest BCUT2D eigenvalue weighted by Gasteiger charge is -1.98. The predicted octanol–water partition coefficient (Wildman–Crippen LogP) is 4.05. The Morgan fingerprint density at radius 1 is 1.50 bits per heavy atom. The molecule has 0 aliphatic carbocycles. The highest BCUT2D eigenvalue weighted by Gasteiger charge is 1.95. The van der Waals surface area contributed by atoms with E-state index in [4.69, 9.17) is 11.6 Å². The van der Waals surface area contributed by atoms with E-state index in [1.54, 1.807) is 0 Å². The monoisotopic (exact) mass is 262 g/mol. The highest BCUT2D eigenvalue weighted by molar-refractivity contribution is 9.10. The summed E-state index contributed by atoms with van der Waals surface area (Å²) in [5.74, 6) is 0.735. The van der Waals surface area contributed by atoms with Crippen LogP contribution in [0, 0.1) is 0 Å². The minimum Gasteiger partial charge on any atom is -0.175 e. The smallest absolute Gasteiger partial charge is 0.0412 e. The Morgan fingerprint density at radius 2 is 2.25 bits per heavy atom. The van der Waals surface area contributed by atoms with Crippen LogP contribution >= 0.6 is 40.2 Å². The summed E-state index contributed by atoms with van der Waals surface area (Å²) in [5, 5.41) is 0.747.